The molecule has 5 heteroatoms. The van der Waals surface area contributed by atoms with Crippen molar-refractivity contribution in [2.24, 2.45) is 5.73 Å². The van der Waals surface area contributed by atoms with Crippen LogP contribution in [-0.2, 0) is 18.9 Å². The molecule has 0 radical (unpaired) electrons. The molecule has 2 aliphatic heterocycles. The van der Waals surface area contributed by atoms with Gasteiger partial charge in [-0.1, -0.05) is 30.3 Å². The maximum atomic E-state index is 6.16. The van der Waals surface area contributed by atoms with E-state index >= 15 is 0 Å². The Bertz CT molecular complexity index is 413. The Morgan fingerprint density at radius 1 is 1.21 bits per heavy atom. The average molecular weight is 265 g/mol. The fourth-order valence-electron chi connectivity index (χ4n) is 2.58. The standard InChI is InChI=1S/C14H19NO4/c1-16-12-7-10(15)13-11(18-12)8-17-14(19-13)9-5-3-2-4-6-9/h2-6,10-14H,7-8,15H2,1H3/t10-,11+,12+,13-,14+/m1/s1. The topological polar surface area (TPSA) is 62.9 Å². The first kappa shape index (κ1) is 13.0. The van der Waals surface area contributed by atoms with Gasteiger partial charge < -0.3 is 24.7 Å². The normalized spacial score (nSPS) is 38.7. The molecule has 2 aliphatic rings. The van der Waals surface area contributed by atoms with Gasteiger partial charge in [-0.15, -0.1) is 0 Å². The first-order chi connectivity index (χ1) is 9.28. The third-order valence-corrected chi connectivity index (χ3v) is 3.61. The largest absolute Gasteiger partial charge is 0.356 e. The Balaban J connectivity index is 1.70. The number of fused-ring (bicyclic) bond motifs is 1. The summed E-state index contributed by atoms with van der Waals surface area (Å²) < 4.78 is 22.6. The third-order valence-electron chi connectivity index (χ3n) is 3.61. The highest BCUT2D eigenvalue weighted by molar-refractivity contribution is 5.16. The van der Waals surface area contributed by atoms with Crippen molar-refractivity contribution < 1.29 is 18.9 Å². The molecule has 0 bridgehead atoms. The second kappa shape index (κ2) is 5.56. The van der Waals surface area contributed by atoms with Crippen molar-refractivity contribution in [1.29, 1.82) is 0 Å². The van der Waals surface area contributed by atoms with Gasteiger partial charge in [0, 0.05) is 25.1 Å². The van der Waals surface area contributed by atoms with Crippen molar-refractivity contribution in [1.82, 2.24) is 0 Å². The summed E-state index contributed by atoms with van der Waals surface area (Å²) in [6.07, 6.45) is -0.300. The Hall–Kier alpha value is -0.980. The number of nitrogens with two attached hydrogens (primary N) is 1. The molecule has 5 atom stereocenters. The van der Waals surface area contributed by atoms with E-state index in [4.69, 9.17) is 24.7 Å². The second-order valence-corrected chi connectivity index (χ2v) is 4.92. The Morgan fingerprint density at radius 3 is 2.74 bits per heavy atom. The van der Waals surface area contributed by atoms with Crippen molar-refractivity contribution in [2.45, 2.75) is 37.3 Å². The molecular weight excluding hydrogens is 246 g/mol. The SMILES string of the molecule is CO[C@@H]1C[C@@H](N)[C@H]2O[C@@H](c3ccccc3)OC[C@@H]2O1. The number of ether oxygens (including phenoxy) is 4. The molecular formula is C14H19NO4. The Kier molecular flexibility index (Phi) is 3.81. The van der Waals surface area contributed by atoms with Gasteiger partial charge in [0.15, 0.2) is 12.6 Å². The van der Waals surface area contributed by atoms with Crippen molar-refractivity contribution >= 4 is 0 Å². The summed E-state index contributed by atoms with van der Waals surface area (Å²) >= 11 is 0. The van der Waals surface area contributed by atoms with E-state index < -0.39 is 0 Å². The highest BCUT2D eigenvalue weighted by Crippen LogP contribution is 2.33. The van der Waals surface area contributed by atoms with Crippen LogP contribution in [0.5, 0.6) is 0 Å². The first-order valence-corrected chi connectivity index (χ1v) is 6.54. The summed E-state index contributed by atoms with van der Waals surface area (Å²) in [6.45, 7) is 0.470. The van der Waals surface area contributed by atoms with Crippen LogP contribution in [0.1, 0.15) is 18.3 Å². The number of rotatable bonds is 2. The molecule has 3 rings (SSSR count). The molecule has 1 aromatic rings. The Labute approximate surface area is 112 Å². The molecule has 0 amide bonds. The molecule has 0 unspecified atom stereocenters. The van der Waals surface area contributed by atoms with Crippen LogP contribution in [0.4, 0.5) is 0 Å². The van der Waals surface area contributed by atoms with E-state index in [0.717, 1.165) is 5.56 Å². The number of hydrogen-bond donors (Lipinski definition) is 1. The molecule has 2 saturated heterocycles. The zero-order valence-electron chi connectivity index (χ0n) is 10.9. The molecule has 1 aromatic carbocycles. The van der Waals surface area contributed by atoms with Gasteiger partial charge in [0.1, 0.15) is 12.2 Å². The van der Waals surface area contributed by atoms with E-state index in [9.17, 15) is 0 Å². The number of hydrogen-bond acceptors (Lipinski definition) is 5. The van der Waals surface area contributed by atoms with E-state index in [1.165, 1.54) is 0 Å². The first-order valence-electron chi connectivity index (χ1n) is 6.54. The monoisotopic (exact) mass is 265 g/mol. The second-order valence-electron chi connectivity index (χ2n) is 4.92. The predicted octanol–water partition coefficient (Wildman–Crippen LogP) is 1.19. The minimum atomic E-state index is -0.365. The van der Waals surface area contributed by atoms with E-state index in [1.807, 2.05) is 30.3 Å². The highest BCUT2D eigenvalue weighted by Gasteiger charge is 2.43. The molecule has 0 saturated carbocycles. The molecule has 2 N–H and O–H groups in total. The van der Waals surface area contributed by atoms with Crippen LogP contribution in [0.25, 0.3) is 0 Å². The summed E-state index contributed by atoms with van der Waals surface area (Å²) in [5.41, 5.74) is 7.16. The maximum Gasteiger partial charge on any atom is 0.184 e. The molecule has 0 aromatic heterocycles. The van der Waals surface area contributed by atoms with Crippen molar-refractivity contribution in [3.05, 3.63) is 35.9 Å². The average Bonchev–Trinajstić information content (AvgIpc) is 2.47. The van der Waals surface area contributed by atoms with Crippen molar-refractivity contribution in [3.63, 3.8) is 0 Å². The summed E-state index contributed by atoms with van der Waals surface area (Å²) in [7, 11) is 1.62. The van der Waals surface area contributed by atoms with Gasteiger partial charge in [-0.3, -0.25) is 0 Å². The van der Waals surface area contributed by atoms with Crippen LogP contribution in [0.15, 0.2) is 30.3 Å². The maximum absolute atomic E-state index is 6.16. The fraction of sp³-hybridized carbons (Fsp3) is 0.571. The van der Waals surface area contributed by atoms with Crippen LogP contribution in [0.3, 0.4) is 0 Å². The van der Waals surface area contributed by atoms with E-state index in [-0.39, 0.29) is 30.8 Å². The van der Waals surface area contributed by atoms with Gasteiger partial charge in [0.05, 0.1) is 6.61 Å². The molecule has 2 fully saturated rings. The molecule has 2 heterocycles. The van der Waals surface area contributed by atoms with Gasteiger partial charge in [-0.2, -0.15) is 0 Å². The minimum absolute atomic E-state index is 0.0983. The fourth-order valence-corrected chi connectivity index (χ4v) is 2.58. The summed E-state index contributed by atoms with van der Waals surface area (Å²) in [5, 5.41) is 0. The lowest BCUT2D eigenvalue weighted by molar-refractivity contribution is -0.317. The molecule has 19 heavy (non-hydrogen) atoms. The van der Waals surface area contributed by atoms with E-state index in [0.29, 0.717) is 13.0 Å². The smallest absolute Gasteiger partial charge is 0.184 e. The van der Waals surface area contributed by atoms with Gasteiger partial charge >= 0.3 is 0 Å². The summed E-state index contributed by atoms with van der Waals surface area (Å²) in [6, 6.07) is 9.77. The van der Waals surface area contributed by atoms with E-state index in [1.54, 1.807) is 7.11 Å². The van der Waals surface area contributed by atoms with Gasteiger partial charge in [-0.05, 0) is 0 Å². The minimum Gasteiger partial charge on any atom is -0.356 e. The highest BCUT2D eigenvalue weighted by atomic mass is 16.7. The lowest BCUT2D eigenvalue weighted by atomic mass is 9.98. The van der Waals surface area contributed by atoms with Crippen LogP contribution in [-0.4, -0.2) is 38.3 Å². The van der Waals surface area contributed by atoms with Crippen molar-refractivity contribution in [3.8, 4) is 0 Å². The van der Waals surface area contributed by atoms with Crippen LogP contribution in [0, 0.1) is 0 Å². The van der Waals surface area contributed by atoms with Gasteiger partial charge in [0.2, 0.25) is 0 Å². The van der Waals surface area contributed by atoms with E-state index in [2.05, 4.69) is 0 Å². The Morgan fingerprint density at radius 2 is 2.00 bits per heavy atom. The number of benzene rings is 1. The van der Waals surface area contributed by atoms with Gasteiger partial charge in [0.25, 0.3) is 0 Å². The lowest BCUT2D eigenvalue weighted by Gasteiger charge is -2.44. The zero-order chi connectivity index (χ0) is 13.2. The van der Waals surface area contributed by atoms with Gasteiger partial charge in [-0.25, -0.2) is 0 Å². The number of methoxy groups -OCH3 is 1. The van der Waals surface area contributed by atoms with Crippen LogP contribution in [0.2, 0.25) is 0 Å². The van der Waals surface area contributed by atoms with Crippen LogP contribution < -0.4 is 5.73 Å². The van der Waals surface area contributed by atoms with Crippen molar-refractivity contribution in [2.75, 3.05) is 13.7 Å². The molecule has 0 aliphatic carbocycles. The quantitative estimate of drug-likeness (QED) is 0.870. The van der Waals surface area contributed by atoms with Crippen LogP contribution >= 0.6 is 0 Å². The molecule has 0 spiro atoms. The molecule has 104 valence electrons. The third kappa shape index (κ3) is 2.66. The molecule has 5 nitrogen and oxygen atoms in total. The summed E-state index contributed by atoms with van der Waals surface area (Å²) in [5.74, 6) is 0. The lowest BCUT2D eigenvalue weighted by Crippen LogP contribution is -2.58. The predicted molar refractivity (Wildman–Crippen MR) is 68.3 cm³/mol. The zero-order valence-corrected chi connectivity index (χ0v) is 10.9. The summed E-state index contributed by atoms with van der Waals surface area (Å²) in [4.78, 5) is 0.